The normalized spacial score (nSPS) is 10.6. The van der Waals surface area contributed by atoms with E-state index in [1.54, 1.807) is 38.2 Å². The Kier molecular flexibility index (Phi) is 7.76. The molecule has 2 N–H and O–H groups in total. The number of aromatic nitrogens is 1. The number of nitriles is 1. The van der Waals surface area contributed by atoms with Crippen LogP contribution < -0.4 is 15.3 Å². The molecule has 27 heavy (non-hydrogen) atoms. The van der Waals surface area contributed by atoms with Crippen molar-refractivity contribution in [1.29, 1.82) is 5.26 Å². The highest BCUT2D eigenvalue weighted by atomic mass is 32.2. The number of nitrogen functional groups attached to an aromatic ring is 1. The molecule has 0 aliphatic carbocycles. The molecule has 7 nitrogen and oxygen atoms in total. The molecule has 146 valence electrons. The van der Waals surface area contributed by atoms with Gasteiger partial charge in [-0.1, -0.05) is 29.3 Å². The van der Waals surface area contributed by atoms with Crippen LogP contribution in [0.3, 0.4) is 0 Å². The van der Waals surface area contributed by atoms with E-state index in [-0.39, 0.29) is 4.90 Å². The Morgan fingerprint density at radius 2 is 1.78 bits per heavy atom. The minimum Gasteiger partial charge on any atom is -0.744 e. The smallest absolute Gasteiger partial charge is 0.242 e. The van der Waals surface area contributed by atoms with E-state index in [9.17, 15) is 13.0 Å². The molecule has 1 aromatic carbocycles. The van der Waals surface area contributed by atoms with E-state index in [1.807, 2.05) is 6.92 Å². The lowest BCUT2D eigenvalue weighted by Crippen LogP contribution is -2.48. The number of benzene rings is 1. The average Bonchev–Trinajstić information content (AvgIpc) is 2.54. The topological polar surface area (TPSA) is 120 Å². The number of nitrogens with two attached hydrogens (primary N) is 1. The molecule has 0 bridgehead atoms. The molecule has 0 saturated heterocycles. The first-order valence-corrected chi connectivity index (χ1v) is 9.77. The second-order valence-corrected chi connectivity index (χ2v) is 7.51. The molecule has 1 heterocycles. The van der Waals surface area contributed by atoms with Gasteiger partial charge in [0.2, 0.25) is 17.6 Å². The van der Waals surface area contributed by atoms with Crippen LogP contribution in [0.15, 0.2) is 29.3 Å². The zero-order valence-electron chi connectivity index (χ0n) is 16.2. The maximum atomic E-state index is 10.8. The van der Waals surface area contributed by atoms with Crippen LogP contribution in [0.2, 0.25) is 0 Å². The molecule has 0 aliphatic rings. The SMILES string of the molecule is CCCc1cc(C#N)c(OC)c[n+]1N.Cc1cc(C)c(S(=O)(=O)[O-])c(C)c1. The predicted molar refractivity (Wildman–Crippen MR) is 101 cm³/mol. The molecule has 0 fully saturated rings. The Hall–Kier alpha value is -2.63. The van der Waals surface area contributed by atoms with Crippen LogP contribution in [-0.4, -0.2) is 20.1 Å². The Balaban J connectivity index is 0.000000271. The number of rotatable bonds is 4. The highest BCUT2D eigenvalue weighted by molar-refractivity contribution is 7.85. The number of pyridine rings is 1. The summed E-state index contributed by atoms with van der Waals surface area (Å²) in [6, 6.07) is 7.23. The van der Waals surface area contributed by atoms with Crippen molar-refractivity contribution in [3.05, 3.63) is 52.3 Å². The third kappa shape index (κ3) is 5.94. The van der Waals surface area contributed by atoms with Crippen molar-refractivity contribution in [2.45, 2.75) is 45.4 Å². The first kappa shape index (κ1) is 22.4. The van der Waals surface area contributed by atoms with Crippen LogP contribution in [0.4, 0.5) is 0 Å². The monoisotopic (exact) mass is 391 g/mol. The summed E-state index contributed by atoms with van der Waals surface area (Å²) in [6.07, 6.45) is 3.48. The quantitative estimate of drug-likeness (QED) is 0.484. The second kappa shape index (κ2) is 9.35. The third-order valence-corrected chi connectivity index (χ3v) is 5.01. The van der Waals surface area contributed by atoms with E-state index in [2.05, 4.69) is 13.0 Å². The molecule has 8 heteroatoms. The second-order valence-electron chi connectivity index (χ2n) is 6.20. The maximum Gasteiger partial charge on any atom is 0.242 e. The van der Waals surface area contributed by atoms with Crippen LogP contribution in [0.1, 0.15) is 41.3 Å². The molecule has 0 unspecified atom stereocenters. The fourth-order valence-corrected chi connectivity index (χ4v) is 3.77. The number of nitrogens with zero attached hydrogens (tertiary/aromatic N) is 2. The van der Waals surface area contributed by atoms with Gasteiger partial charge in [-0.3, -0.25) is 0 Å². The Morgan fingerprint density at radius 1 is 1.22 bits per heavy atom. The van der Waals surface area contributed by atoms with Crippen molar-refractivity contribution in [2.75, 3.05) is 13.0 Å². The van der Waals surface area contributed by atoms with E-state index < -0.39 is 10.1 Å². The molecule has 0 atom stereocenters. The first-order chi connectivity index (χ1) is 12.5. The van der Waals surface area contributed by atoms with Crippen molar-refractivity contribution in [3.63, 3.8) is 0 Å². The Labute approximate surface area is 160 Å². The molecular weight excluding hydrogens is 366 g/mol. The van der Waals surface area contributed by atoms with Gasteiger partial charge < -0.3 is 9.29 Å². The molecule has 0 amide bonds. The van der Waals surface area contributed by atoms with Crippen molar-refractivity contribution < 1.29 is 22.4 Å². The van der Waals surface area contributed by atoms with Gasteiger partial charge in [0.05, 0.1) is 12.0 Å². The number of hydrogen-bond donors (Lipinski definition) is 1. The van der Waals surface area contributed by atoms with E-state index in [4.69, 9.17) is 15.8 Å². The first-order valence-electron chi connectivity index (χ1n) is 8.36. The lowest BCUT2D eigenvalue weighted by atomic mass is 10.1. The van der Waals surface area contributed by atoms with Crippen LogP contribution in [0, 0.1) is 32.1 Å². The highest BCUT2D eigenvalue weighted by Crippen LogP contribution is 2.20. The van der Waals surface area contributed by atoms with Gasteiger partial charge in [-0.05, 0) is 38.3 Å². The minimum absolute atomic E-state index is 0.0851. The van der Waals surface area contributed by atoms with Crippen LogP contribution >= 0.6 is 0 Å². The van der Waals surface area contributed by atoms with Gasteiger partial charge in [0, 0.05) is 12.5 Å². The van der Waals surface area contributed by atoms with Gasteiger partial charge in [0.25, 0.3) is 0 Å². The lowest BCUT2D eigenvalue weighted by Gasteiger charge is -2.14. The predicted octanol–water partition coefficient (Wildman–Crippen LogP) is 2.04. The number of aryl methyl sites for hydroxylation is 4. The van der Waals surface area contributed by atoms with E-state index in [0.29, 0.717) is 22.4 Å². The van der Waals surface area contributed by atoms with E-state index in [1.165, 1.54) is 11.8 Å². The summed E-state index contributed by atoms with van der Waals surface area (Å²) in [4.78, 5) is -0.0851. The summed E-state index contributed by atoms with van der Waals surface area (Å²) < 4.78 is 39.0. The van der Waals surface area contributed by atoms with Crippen molar-refractivity contribution in [2.24, 2.45) is 0 Å². The number of methoxy groups -OCH3 is 1. The molecule has 0 aliphatic heterocycles. The van der Waals surface area contributed by atoms with Gasteiger partial charge in [0.1, 0.15) is 21.8 Å². The molecule has 0 saturated carbocycles. The molecule has 1 aromatic heterocycles. The molecule has 0 radical (unpaired) electrons. The minimum atomic E-state index is -4.33. The van der Waals surface area contributed by atoms with Crippen molar-refractivity contribution in [3.8, 4) is 11.8 Å². The van der Waals surface area contributed by atoms with Crippen molar-refractivity contribution in [1.82, 2.24) is 0 Å². The highest BCUT2D eigenvalue weighted by Gasteiger charge is 2.14. The van der Waals surface area contributed by atoms with Gasteiger partial charge in [-0.25, -0.2) is 14.3 Å². The summed E-state index contributed by atoms with van der Waals surface area (Å²) in [5.74, 6) is 6.24. The third-order valence-electron chi connectivity index (χ3n) is 3.87. The van der Waals surface area contributed by atoms with E-state index in [0.717, 1.165) is 24.1 Å². The van der Waals surface area contributed by atoms with Crippen molar-refractivity contribution >= 4 is 10.1 Å². The summed E-state index contributed by atoms with van der Waals surface area (Å²) in [5, 5.41) is 8.85. The molecular formula is C19H25N3O4S. The maximum absolute atomic E-state index is 10.8. The average molecular weight is 391 g/mol. The fourth-order valence-electron chi connectivity index (χ4n) is 2.86. The van der Waals surface area contributed by atoms with Gasteiger partial charge in [-0.15, -0.1) is 0 Å². The van der Waals surface area contributed by atoms with Crippen LogP contribution in [0.5, 0.6) is 5.75 Å². The summed E-state index contributed by atoms with van der Waals surface area (Å²) in [7, 11) is -2.81. The lowest BCUT2D eigenvalue weighted by molar-refractivity contribution is -0.647. The number of ether oxygens (including phenoxy) is 1. The van der Waals surface area contributed by atoms with Gasteiger partial charge >= 0.3 is 0 Å². The molecule has 2 rings (SSSR count). The Morgan fingerprint density at radius 3 is 2.19 bits per heavy atom. The standard InChI is InChI=1S/C10H14N3O.C9H12O3S/c1-3-4-9-5-8(6-11)10(14-2)7-13(9)12;1-6-4-7(2)9(8(3)5-6)13(10,11)12/h5,7H,3-4,12H2,1-2H3;4-5H,1-3H3,(H,10,11,12)/q+1;/p-1. The summed E-state index contributed by atoms with van der Waals surface area (Å²) in [5.41, 5.74) is 3.46. The van der Waals surface area contributed by atoms with Gasteiger partial charge in [0.15, 0.2) is 0 Å². The molecule has 0 spiro atoms. The Bertz CT molecular complexity index is 941. The zero-order valence-corrected chi connectivity index (χ0v) is 17.1. The summed E-state index contributed by atoms with van der Waals surface area (Å²) >= 11 is 0. The summed E-state index contributed by atoms with van der Waals surface area (Å²) in [6.45, 7) is 7.19. The zero-order chi connectivity index (χ0) is 20.8. The van der Waals surface area contributed by atoms with Crippen LogP contribution in [-0.2, 0) is 16.5 Å². The van der Waals surface area contributed by atoms with Crippen LogP contribution in [0.25, 0.3) is 0 Å². The van der Waals surface area contributed by atoms with E-state index >= 15 is 0 Å². The largest absolute Gasteiger partial charge is 0.744 e. The fraction of sp³-hybridized carbons (Fsp3) is 0.368. The number of hydrogen-bond acceptors (Lipinski definition) is 6. The molecule has 2 aromatic rings. The van der Waals surface area contributed by atoms with Gasteiger partial charge in [-0.2, -0.15) is 5.26 Å².